The van der Waals surface area contributed by atoms with Crippen molar-refractivity contribution in [1.29, 1.82) is 0 Å². The van der Waals surface area contributed by atoms with E-state index in [-0.39, 0.29) is 29.6 Å². The van der Waals surface area contributed by atoms with Gasteiger partial charge in [-0.05, 0) is 30.3 Å². The lowest BCUT2D eigenvalue weighted by atomic mass is 10.2. The molecule has 1 aromatic carbocycles. The molecule has 0 aliphatic carbocycles. The minimum Gasteiger partial charge on any atom is -0.486 e. The van der Waals surface area contributed by atoms with Crippen molar-refractivity contribution in [3.8, 4) is 17.2 Å². The third-order valence-corrected chi connectivity index (χ3v) is 4.58. The number of anilines is 3. The second-order valence-electron chi connectivity index (χ2n) is 6.39. The largest absolute Gasteiger partial charge is 0.486 e. The van der Waals surface area contributed by atoms with Crippen LogP contribution in [-0.2, 0) is 11.3 Å². The molecule has 0 aliphatic heterocycles. The van der Waals surface area contributed by atoms with Gasteiger partial charge in [-0.15, -0.1) is 0 Å². The SMILES string of the molecule is COC(=O)c1coc(-c2c(N)ncnc2Nc2ccc(OCc3ccccn3)c(Cl)c2)n1. The minimum absolute atomic E-state index is 0.00541. The van der Waals surface area contributed by atoms with Crippen LogP contribution in [0, 0.1) is 0 Å². The van der Waals surface area contributed by atoms with Crippen LogP contribution < -0.4 is 15.8 Å². The molecule has 162 valence electrons. The maximum atomic E-state index is 11.7. The number of hydrogen-bond acceptors (Lipinski definition) is 10. The van der Waals surface area contributed by atoms with Gasteiger partial charge in [0.15, 0.2) is 5.69 Å². The molecule has 0 saturated heterocycles. The molecule has 10 nitrogen and oxygen atoms in total. The Bertz CT molecular complexity index is 1250. The maximum absolute atomic E-state index is 11.7. The molecule has 0 fully saturated rings. The predicted molar refractivity (Wildman–Crippen MR) is 117 cm³/mol. The minimum atomic E-state index is -0.641. The molecule has 0 amide bonds. The first-order valence-electron chi connectivity index (χ1n) is 9.29. The molecule has 0 bridgehead atoms. The smallest absolute Gasteiger partial charge is 0.360 e. The summed E-state index contributed by atoms with van der Waals surface area (Å²) in [4.78, 5) is 28.2. The van der Waals surface area contributed by atoms with Crippen LogP contribution in [0.3, 0.4) is 0 Å². The Labute approximate surface area is 187 Å². The van der Waals surface area contributed by atoms with Gasteiger partial charge < -0.3 is 24.9 Å². The van der Waals surface area contributed by atoms with Crippen molar-refractivity contribution < 1.29 is 18.7 Å². The van der Waals surface area contributed by atoms with Crippen molar-refractivity contribution in [2.75, 3.05) is 18.2 Å². The van der Waals surface area contributed by atoms with Gasteiger partial charge in [0.05, 0.1) is 17.8 Å². The Morgan fingerprint density at radius 1 is 1.22 bits per heavy atom. The molecule has 0 spiro atoms. The van der Waals surface area contributed by atoms with E-state index >= 15 is 0 Å². The number of carbonyl (C=O) groups is 1. The van der Waals surface area contributed by atoms with Crippen molar-refractivity contribution in [3.05, 3.63) is 71.6 Å². The number of ether oxygens (including phenoxy) is 2. The maximum Gasteiger partial charge on any atom is 0.360 e. The predicted octanol–water partition coefficient (Wildman–Crippen LogP) is 3.87. The Morgan fingerprint density at radius 3 is 2.84 bits per heavy atom. The normalized spacial score (nSPS) is 10.6. The summed E-state index contributed by atoms with van der Waals surface area (Å²) in [6.45, 7) is 0.284. The average Bonchev–Trinajstić information content (AvgIpc) is 3.28. The second kappa shape index (κ2) is 9.31. The van der Waals surface area contributed by atoms with Gasteiger partial charge in [-0.2, -0.15) is 0 Å². The molecule has 11 heteroatoms. The van der Waals surface area contributed by atoms with E-state index in [4.69, 9.17) is 26.5 Å². The van der Waals surface area contributed by atoms with Gasteiger partial charge in [0.1, 0.15) is 42.1 Å². The number of nitrogens with one attached hydrogen (secondary N) is 1. The van der Waals surface area contributed by atoms with Gasteiger partial charge in [-0.3, -0.25) is 4.98 Å². The molecular formula is C21H17ClN6O4. The van der Waals surface area contributed by atoms with Crippen molar-refractivity contribution in [1.82, 2.24) is 19.9 Å². The van der Waals surface area contributed by atoms with Crippen molar-refractivity contribution in [2.24, 2.45) is 0 Å². The second-order valence-corrected chi connectivity index (χ2v) is 6.80. The van der Waals surface area contributed by atoms with E-state index in [0.717, 1.165) is 5.69 Å². The summed E-state index contributed by atoms with van der Waals surface area (Å²) in [6, 6.07) is 10.7. The highest BCUT2D eigenvalue weighted by Gasteiger charge is 2.20. The summed E-state index contributed by atoms with van der Waals surface area (Å²) < 4.78 is 15.8. The van der Waals surface area contributed by atoms with Crippen LogP contribution in [0.2, 0.25) is 5.02 Å². The van der Waals surface area contributed by atoms with Crippen molar-refractivity contribution in [2.45, 2.75) is 6.61 Å². The number of oxazole rings is 1. The molecule has 0 atom stereocenters. The first-order chi connectivity index (χ1) is 15.5. The third kappa shape index (κ3) is 4.60. The number of benzene rings is 1. The number of nitrogens with two attached hydrogens (primary N) is 1. The number of hydrogen-bond donors (Lipinski definition) is 2. The van der Waals surface area contributed by atoms with Gasteiger partial charge in [0.2, 0.25) is 5.89 Å². The summed E-state index contributed by atoms with van der Waals surface area (Å²) in [7, 11) is 1.25. The van der Waals surface area contributed by atoms with Gasteiger partial charge in [0.25, 0.3) is 0 Å². The Kier molecular flexibility index (Phi) is 6.13. The fourth-order valence-corrected chi connectivity index (χ4v) is 2.99. The van der Waals surface area contributed by atoms with Crippen LogP contribution in [0.15, 0.2) is 59.6 Å². The summed E-state index contributed by atoms with van der Waals surface area (Å²) in [5.41, 5.74) is 7.69. The summed E-state index contributed by atoms with van der Waals surface area (Å²) in [5, 5.41) is 3.49. The summed E-state index contributed by atoms with van der Waals surface area (Å²) >= 11 is 6.38. The van der Waals surface area contributed by atoms with E-state index in [1.54, 1.807) is 24.4 Å². The molecule has 0 radical (unpaired) electrons. The Hall–Kier alpha value is -4.18. The monoisotopic (exact) mass is 452 g/mol. The van der Waals surface area contributed by atoms with Crippen LogP contribution in [0.25, 0.3) is 11.5 Å². The lowest BCUT2D eigenvalue weighted by Gasteiger charge is -2.12. The number of esters is 1. The third-order valence-electron chi connectivity index (χ3n) is 4.29. The average molecular weight is 453 g/mol. The number of pyridine rings is 1. The van der Waals surface area contributed by atoms with Crippen LogP contribution in [0.1, 0.15) is 16.2 Å². The number of nitrogens with zero attached hydrogens (tertiary/aromatic N) is 4. The first kappa shape index (κ1) is 21.1. The zero-order valence-corrected chi connectivity index (χ0v) is 17.5. The van der Waals surface area contributed by atoms with Crippen LogP contribution in [0.5, 0.6) is 5.75 Å². The molecule has 0 saturated carbocycles. The highest BCUT2D eigenvalue weighted by molar-refractivity contribution is 6.32. The Morgan fingerprint density at radius 2 is 2.09 bits per heavy atom. The van der Waals surface area contributed by atoms with Crippen molar-refractivity contribution in [3.63, 3.8) is 0 Å². The Balaban J connectivity index is 1.55. The number of rotatable bonds is 7. The highest BCUT2D eigenvalue weighted by Crippen LogP contribution is 2.34. The lowest BCUT2D eigenvalue weighted by Crippen LogP contribution is -2.04. The highest BCUT2D eigenvalue weighted by atomic mass is 35.5. The number of halogens is 1. The standard InChI is InChI=1S/C21H17ClN6O4/c1-30-21(29)15-10-32-20(28-15)17-18(23)25-11-26-19(17)27-12-5-6-16(14(22)8-12)31-9-13-4-2-3-7-24-13/h2-8,10-11H,9H2,1H3,(H3,23,25,26,27). The van der Waals surface area contributed by atoms with E-state index in [2.05, 4.69) is 30.0 Å². The van der Waals surface area contributed by atoms with Crippen LogP contribution in [0.4, 0.5) is 17.3 Å². The summed E-state index contributed by atoms with van der Waals surface area (Å²) in [5.74, 6) is 0.349. The molecule has 4 rings (SSSR count). The molecule has 0 unspecified atom stereocenters. The van der Waals surface area contributed by atoms with E-state index in [9.17, 15) is 4.79 Å². The van der Waals surface area contributed by atoms with E-state index in [0.29, 0.717) is 22.3 Å². The molecular weight excluding hydrogens is 436 g/mol. The van der Waals surface area contributed by atoms with Gasteiger partial charge in [0, 0.05) is 11.9 Å². The van der Waals surface area contributed by atoms with Gasteiger partial charge >= 0.3 is 5.97 Å². The lowest BCUT2D eigenvalue weighted by molar-refractivity contribution is 0.0594. The quantitative estimate of drug-likeness (QED) is 0.397. The topological polar surface area (TPSA) is 138 Å². The van der Waals surface area contributed by atoms with Crippen LogP contribution >= 0.6 is 11.6 Å². The zero-order chi connectivity index (χ0) is 22.5. The van der Waals surface area contributed by atoms with E-state index in [1.165, 1.54) is 19.7 Å². The number of methoxy groups -OCH3 is 1. The molecule has 0 aliphatic rings. The molecule has 3 aromatic heterocycles. The van der Waals surface area contributed by atoms with Crippen molar-refractivity contribution >= 4 is 34.9 Å². The molecule has 3 N–H and O–H groups in total. The fourth-order valence-electron chi connectivity index (χ4n) is 2.76. The zero-order valence-electron chi connectivity index (χ0n) is 16.8. The van der Waals surface area contributed by atoms with Gasteiger partial charge in [-0.25, -0.2) is 19.7 Å². The number of aromatic nitrogens is 4. The van der Waals surface area contributed by atoms with E-state index in [1.807, 2.05) is 18.2 Å². The van der Waals surface area contributed by atoms with Gasteiger partial charge in [-0.1, -0.05) is 17.7 Å². The number of nitrogen functional groups attached to an aromatic ring is 1. The van der Waals surface area contributed by atoms with Crippen LogP contribution in [-0.4, -0.2) is 33.0 Å². The molecule has 32 heavy (non-hydrogen) atoms. The number of carbonyl (C=O) groups excluding carboxylic acids is 1. The fraction of sp³-hybridized carbons (Fsp3) is 0.0952. The first-order valence-corrected chi connectivity index (χ1v) is 9.67. The van der Waals surface area contributed by atoms with E-state index < -0.39 is 5.97 Å². The summed E-state index contributed by atoms with van der Waals surface area (Å²) in [6.07, 6.45) is 4.15. The molecule has 4 aromatic rings. The molecule has 3 heterocycles.